The van der Waals surface area contributed by atoms with Crippen molar-refractivity contribution in [3.63, 3.8) is 0 Å². The Labute approximate surface area is 99.2 Å². The van der Waals surface area contributed by atoms with Gasteiger partial charge in [0.15, 0.2) is 0 Å². The van der Waals surface area contributed by atoms with Gasteiger partial charge in [0.2, 0.25) is 0 Å². The summed E-state index contributed by atoms with van der Waals surface area (Å²) in [6, 6.07) is 0.962. The molecule has 0 unspecified atom stereocenters. The highest BCUT2D eigenvalue weighted by atomic mass is 16.6. The zero-order chi connectivity index (χ0) is 12.9. The Morgan fingerprint density at radius 3 is 2.50 bits per heavy atom. The Balaban J connectivity index is 2.50. The molecule has 0 bridgehead atoms. The lowest BCUT2D eigenvalue weighted by atomic mass is 10.1. The van der Waals surface area contributed by atoms with Crippen LogP contribution in [0.5, 0.6) is 0 Å². The molecule has 0 atom stereocenters. The van der Waals surface area contributed by atoms with E-state index in [-0.39, 0.29) is 22.6 Å². The Kier molecular flexibility index (Phi) is 1.88. The van der Waals surface area contributed by atoms with Crippen molar-refractivity contribution in [3.05, 3.63) is 44.3 Å². The maximum absolute atomic E-state index is 11.0. The predicted octanol–water partition coefficient (Wildman–Crippen LogP) is 2.38. The summed E-state index contributed by atoms with van der Waals surface area (Å²) < 4.78 is 0. The molecular formula is C10H6N4O4. The molecule has 0 aliphatic carbocycles. The number of hydrogen-bond donors (Lipinski definition) is 2. The number of nitro benzene ring substituents is 2. The molecule has 1 aromatic carbocycles. The first kappa shape index (κ1) is 10.3. The van der Waals surface area contributed by atoms with Gasteiger partial charge in [-0.2, -0.15) is 0 Å². The van der Waals surface area contributed by atoms with Crippen LogP contribution in [0.1, 0.15) is 5.56 Å². The lowest BCUT2D eigenvalue weighted by Gasteiger charge is -2.09. The van der Waals surface area contributed by atoms with Gasteiger partial charge in [0.1, 0.15) is 11.2 Å². The Morgan fingerprint density at radius 2 is 1.83 bits per heavy atom. The molecule has 2 aromatic rings. The normalized spacial score (nSPS) is 12.4. The molecular weight excluding hydrogens is 240 g/mol. The van der Waals surface area contributed by atoms with E-state index in [0.29, 0.717) is 10.9 Å². The van der Waals surface area contributed by atoms with Gasteiger partial charge in [-0.15, -0.1) is 0 Å². The number of H-pyrrole nitrogens is 1. The van der Waals surface area contributed by atoms with Gasteiger partial charge in [-0.3, -0.25) is 20.2 Å². The molecule has 8 heteroatoms. The molecule has 2 heterocycles. The third-order valence-corrected chi connectivity index (χ3v) is 2.83. The van der Waals surface area contributed by atoms with Crippen molar-refractivity contribution in [3.8, 4) is 0 Å². The minimum absolute atomic E-state index is 0.277. The number of rotatable bonds is 2. The minimum Gasteiger partial charge on any atom is -0.356 e. The van der Waals surface area contributed by atoms with Crippen LogP contribution in [0, 0.1) is 20.2 Å². The fourth-order valence-corrected chi connectivity index (χ4v) is 2.09. The maximum atomic E-state index is 11.0. The van der Waals surface area contributed by atoms with E-state index in [1.54, 1.807) is 18.5 Å². The monoisotopic (exact) mass is 246 g/mol. The first-order valence-corrected chi connectivity index (χ1v) is 4.99. The number of non-ortho nitro benzene ring substituents is 1. The molecule has 90 valence electrons. The molecule has 0 radical (unpaired) electrons. The van der Waals surface area contributed by atoms with Gasteiger partial charge in [0, 0.05) is 23.3 Å². The molecule has 18 heavy (non-hydrogen) atoms. The number of aromatic amines is 1. The zero-order valence-electron chi connectivity index (χ0n) is 8.84. The molecule has 0 saturated carbocycles. The van der Waals surface area contributed by atoms with E-state index in [1.165, 1.54) is 0 Å². The van der Waals surface area contributed by atoms with Gasteiger partial charge in [0.25, 0.3) is 11.4 Å². The lowest BCUT2D eigenvalue weighted by molar-refractivity contribution is -0.392. The van der Waals surface area contributed by atoms with Crippen LogP contribution in [0.2, 0.25) is 0 Å². The molecule has 0 spiro atoms. The lowest BCUT2D eigenvalue weighted by Crippen LogP contribution is -2.01. The topological polar surface area (TPSA) is 114 Å². The summed E-state index contributed by atoms with van der Waals surface area (Å²) in [6.07, 6.45) is 4.84. The van der Waals surface area contributed by atoms with Gasteiger partial charge < -0.3 is 10.3 Å². The van der Waals surface area contributed by atoms with Crippen molar-refractivity contribution in [1.82, 2.24) is 4.98 Å². The number of nitrogens with one attached hydrogen (secondary N) is 2. The number of aromatic nitrogens is 1. The zero-order valence-corrected chi connectivity index (χ0v) is 8.84. The first-order chi connectivity index (χ1) is 8.59. The summed E-state index contributed by atoms with van der Waals surface area (Å²) in [6.45, 7) is 0. The van der Waals surface area contributed by atoms with Gasteiger partial charge in [-0.05, 0) is 6.08 Å². The average molecular weight is 246 g/mol. The van der Waals surface area contributed by atoms with E-state index in [9.17, 15) is 20.2 Å². The van der Waals surface area contributed by atoms with Crippen LogP contribution < -0.4 is 5.32 Å². The quantitative estimate of drug-likeness (QED) is 0.623. The standard InChI is InChI=1S/C10H6N4O4/c15-13(16)6-3-7(14(17)18)10-8-5(4-12-10)1-2-11-9(6)8/h1-4,11-12H. The van der Waals surface area contributed by atoms with Gasteiger partial charge in [-0.25, -0.2) is 0 Å². The molecule has 0 fully saturated rings. The molecule has 0 amide bonds. The van der Waals surface area contributed by atoms with E-state index < -0.39 is 9.85 Å². The first-order valence-electron chi connectivity index (χ1n) is 4.99. The second kappa shape index (κ2) is 3.29. The van der Waals surface area contributed by atoms with Gasteiger partial charge in [0.05, 0.1) is 15.9 Å². The number of benzene rings is 1. The molecule has 1 aromatic heterocycles. The van der Waals surface area contributed by atoms with Crippen molar-refractivity contribution in [2.45, 2.75) is 0 Å². The van der Waals surface area contributed by atoms with Crippen molar-refractivity contribution in [2.75, 3.05) is 5.32 Å². The van der Waals surface area contributed by atoms with Crippen LogP contribution in [0.25, 0.3) is 17.0 Å². The average Bonchev–Trinajstić information content (AvgIpc) is 2.75. The van der Waals surface area contributed by atoms with Crippen LogP contribution in [0.4, 0.5) is 17.1 Å². The van der Waals surface area contributed by atoms with Crippen LogP contribution in [0.3, 0.4) is 0 Å². The van der Waals surface area contributed by atoms with Crippen LogP contribution in [-0.2, 0) is 0 Å². The number of anilines is 1. The van der Waals surface area contributed by atoms with Crippen molar-refractivity contribution in [1.29, 1.82) is 0 Å². The second-order valence-corrected chi connectivity index (χ2v) is 3.78. The van der Waals surface area contributed by atoms with E-state index in [4.69, 9.17) is 0 Å². The maximum Gasteiger partial charge on any atom is 0.300 e. The van der Waals surface area contributed by atoms with Crippen molar-refractivity contribution < 1.29 is 9.85 Å². The predicted molar refractivity (Wildman–Crippen MR) is 64.3 cm³/mol. The summed E-state index contributed by atoms with van der Waals surface area (Å²) in [5, 5.41) is 25.1. The highest BCUT2D eigenvalue weighted by Crippen LogP contribution is 2.42. The molecule has 2 N–H and O–H groups in total. The Bertz CT molecular complexity index is 731. The molecule has 0 saturated heterocycles. The van der Waals surface area contributed by atoms with E-state index >= 15 is 0 Å². The highest BCUT2D eigenvalue weighted by molar-refractivity contribution is 6.08. The highest BCUT2D eigenvalue weighted by Gasteiger charge is 2.28. The van der Waals surface area contributed by atoms with Crippen LogP contribution >= 0.6 is 0 Å². The Morgan fingerprint density at radius 1 is 1.11 bits per heavy atom. The third kappa shape index (κ3) is 1.19. The van der Waals surface area contributed by atoms with Crippen LogP contribution in [0.15, 0.2) is 18.5 Å². The minimum atomic E-state index is -0.634. The fourth-order valence-electron chi connectivity index (χ4n) is 2.09. The summed E-state index contributed by atoms with van der Waals surface area (Å²) in [7, 11) is 0. The van der Waals surface area contributed by atoms with E-state index in [0.717, 1.165) is 6.07 Å². The van der Waals surface area contributed by atoms with Crippen molar-refractivity contribution >= 4 is 34.0 Å². The Hall–Kier alpha value is -2.90. The summed E-state index contributed by atoms with van der Waals surface area (Å²) in [4.78, 5) is 23.4. The SMILES string of the molecule is O=[N+]([O-])c1cc([N+](=O)[O-])c2[nH]cc3c2c1NC=C3. The smallest absolute Gasteiger partial charge is 0.300 e. The molecule has 1 aliphatic heterocycles. The van der Waals surface area contributed by atoms with Crippen LogP contribution in [-0.4, -0.2) is 14.8 Å². The third-order valence-electron chi connectivity index (χ3n) is 2.83. The molecule has 3 rings (SSSR count). The van der Waals surface area contributed by atoms with E-state index in [1.807, 2.05) is 0 Å². The van der Waals surface area contributed by atoms with Gasteiger partial charge >= 0.3 is 0 Å². The summed E-state index contributed by atoms with van der Waals surface area (Å²) in [5.74, 6) is 0. The van der Waals surface area contributed by atoms with Crippen molar-refractivity contribution in [2.24, 2.45) is 0 Å². The number of hydrogen-bond acceptors (Lipinski definition) is 5. The second-order valence-electron chi connectivity index (χ2n) is 3.78. The number of nitro groups is 2. The largest absolute Gasteiger partial charge is 0.356 e. The van der Waals surface area contributed by atoms with E-state index in [2.05, 4.69) is 10.3 Å². The number of nitrogens with zero attached hydrogens (tertiary/aromatic N) is 2. The molecule has 1 aliphatic rings. The summed E-state index contributed by atoms with van der Waals surface area (Å²) in [5.41, 5.74) is 0.639. The molecule has 8 nitrogen and oxygen atoms in total. The summed E-state index contributed by atoms with van der Waals surface area (Å²) >= 11 is 0. The van der Waals surface area contributed by atoms with Gasteiger partial charge in [-0.1, -0.05) is 0 Å². The fraction of sp³-hybridized carbons (Fsp3) is 0.